The topological polar surface area (TPSA) is 78.9 Å². The van der Waals surface area contributed by atoms with Gasteiger partial charge in [-0.3, -0.25) is 4.79 Å². The van der Waals surface area contributed by atoms with Crippen molar-refractivity contribution in [2.45, 2.75) is 0 Å². The number of amides is 1. The highest BCUT2D eigenvalue weighted by Gasteiger charge is 2.12. The molecule has 1 aromatic heterocycles. The Labute approximate surface area is 141 Å². The smallest absolute Gasteiger partial charge is 0.252 e. The zero-order valence-corrected chi connectivity index (χ0v) is 13.1. The Bertz CT molecular complexity index is 924. The molecule has 0 atom stereocenters. The molecule has 1 amide bonds. The number of rotatable bonds is 3. The zero-order valence-electron chi connectivity index (χ0n) is 11.6. The van der Waals surface area contributed by atoms with Crippen molar-refractivity contribution in [2.24, 2.45) is 0 Å². The van der Waals surface area contributed by atoms with E-state index in [4.69, 9.17) is 32.9 Å². The third-order valence-electron chi connectivity index (χ3n) is 3.09. The van der Waals surface area contributed by atoms with Crippen LogP contribution in [0, 0.1) is 11.3 Å². The number of nitriles is 1. The van der Waals surface area contributed by atoms with E-state index in [2.05, 4.69) is 10.3 Å². The molecule has 0 radical (unpaired) electrons. The van der Waals surface area contributed by atoms with E-state index in [1.54, 1.807) is 36.4 Å². The summed E-state index contributed by atoms with van der Waals surface area (Å²) in [6.07, 6.45) is 0. The molecule has 3 rings (SSSR count). The van der Waals surface area contributed by atoms with Crippen LogP contribution in [0.15, 0.2) is 40.8 Å². The molecule has 0 aliphatic heterocycles. The van der Waals surface area contributed by atoms with Crippen molar-refractivity contribution in [1.82, 2.24) is 10.3 Å². The Morgan fingerprint density at radius 2 is 1.96 bits per heavy atom. The Morgan fingerprint density at radius 1 is 1.22 bits per heavy atom. The number of fused-ring (bicyclic) bond motifs is 1. The maximum atomic E-state index is 11.9. The van der Waals surface area contributed by atoms with Gasteiger partial charge in [0.25, 0.3) is 5.91 Å². The maximum absolute atomic E-state index is 11.9. The van der Waals surface area contributed by atoms with E-state index in [9.17, 15) is 4.79 Å². The molecule has 3 aromatic rings. The van der Waals surface area contributed by atoms with E-state index in [1.165, 1.54) is 0 Å². The second kappa shape index (κ2) is 6.29. The minimum absolute atomic E-state index is 0.0560. The SMILES string of the molecule is N#CCNC(=O)c1ccc2nc(-c3cc(Cl)cc(Cl)c3)oc2c1. The minimum atomic E-state index is -0.350. The van der Waals surface area contributed by atoms with Crippen LogP contribution in [-0.4, -0.2) is 17.4 Å². The minimum Gasteiger partial charge on any atom is -0.436 e. The summed E-state index contributed by atoms with van der Waals surface area (Å²) in [5.74, 6) is 0.0104. The van der Waals surface area contributed by atoms with Crippen molar-refractivity contribution in [2.75, 3.05) is 6.54 Å². The summed E-state index contributed by atoms with van der Waals surface area (Å²) in [7, 11) is 0. The van der Waals surface area contributed by atoms with E-state index in [0.29, 0.717) is 38.2 Å². The van der Waals surface area contributed by atoms with Gasteiger partial charge in [-0.05, 0) is 36.4 Å². The Balaban J connectivity index is 1.99. The second-order valence-electron chi connectivity index (χ2n) is 4.70. The molecular formula is C16H9Cl2N3O2. The molecule has 2 aromatic carbocycles. The first-order valence-corrected chi connectivity index (χ1v) is 7.34. The average molecular weight is 346 g/mol. The maximum Gasteiger partial charge on any atom is 0.252 e. The van der Waals surface area contributed by atoms with Gasteiger partial charge >= 0.3 is 0 Å². The van der Waals surface area contributed by atoms with E-state index < -0.39 is 0 Å². The van der Waals surface area contributed by atoms with Crippen LogP contribution in [-0.2, 0) is 0 Å². The largest absolute Gasteiger partial charge is 0.436 e. The third kappa shape index (κ3) is 3.29. The summed E-state index contributed by atoms with van der Waals surface area (Å²) >= 11 is 12.0. The fraction of sp³-hybridized carbons (Fsp3) is 0.0625. The Hall–Kier alpha value is -2.55. The first kappa shape index (κ1) is 15.3. The predicted molar refractivity (Wildman–Crippen MR) is 87.4 cm³/mol. The number of nitrogens with one attached hydrogen (secondary N) is 1. The van der Waals surface area contributed by atoms with E-state index in [1.807, 2.05) is 6.07 Å². The number of hydrogen-bond donors (Lipinski definition) is 1. The standard InChI is InChI=1S/C16H9Cl2N3O2/c17-11-5-10(6-12(18)8-11)16-21-13-2-1-9(7-14(13)23-16)15(22)20-4-3-19/h1-2,5-8H,4H2,(H,20,22). The highest BCUT2D eigenvalue weighted by Crippen LogP contribution is 2.29. The molecule has 0 saturated carbocycles. The normalized spacial score (nSPS) is 10.5. The molecule has 7 heteroatoms. The summed E-state index contributed by atoms with van der Waals surface area (Å²) in [5, 5.41) is 11.9. The van der Waals surface area contributed by atoms with Crippen LogP contribution in [0.4, 0.5) is 0 Å². The Morgan fingerprint density at radius 3 is 2.65 bits per heavy atom. The number of benzene rings is 2. The summed E-state index contributed by atoms with van der Waals surface area (Å²) in [5.41, 5.74) is 2.10. The molecule has 0 saturated heterocycles. The predicted octanol–water partition coefficient (Wildman–Crippen LogP) is 4.05. The van der Waals surface area contributed by atoms with Gasteiger partial charge in [0.2, 0.25) is 5.89 Å². The Kier molecular flexibility index (Phi) is 4.20. The highest BCUT2D eigenvalue weighted by molar-refractivity contribution is 6.35. The van der Waals surface area contributed by atoms with Gasteiger partial charge in [0.15, 0.2) is 5.58 Å². The van der Waals surface area contributed by atoms with E-state index in [-0.39, 0.29) is 12.5 Å². The summed E-state index contributed by atoms with van der Waals surface area (Å²) < 4.78 is 5.69. The fourth-order valence-electron chi connectivity index (χ4n) is 2.09. The summed E-state index contributed by atoms with van der Waals surface area (Å²) in [4.78, 5) is 16.2. The van der Waals surface area contributed by atoms with Gasteiger partial charge in [-0.2, -0.15) is 5.26 Å². The fourth-order valence-corrected chi connectivity index (χ4v) is 2.61. The quantitative estimate of drug-likeness (QED) is 0.726. The molecule has 114 valence electrons. The summed E-state index contributed by atoms with van der Waals surface area (Å²) in [6.45, 7) is -0.0560. The number of carbonyl (C=O) groups excluding carboxylic acids is 1. The third-order valence-corrected chi connectivity index (χ3v) is 3.52. The molecule has 0 unspecified atom stereocenters. The molecule has 0 aliphatic rings. The van der Waals surface area contributed by atoms with Crippen molar-refractivity contribution in [3.8, 4) is 17.5 Å². The first-order chi connectivity index (χ1) is 11.1. The van der Waals surface area contributed by atoms with Crippen LogP contribution in [0.5, 0.6) is 0 Å². The van der Waals surface area contributed by atoms with Gasteiger partial charge in [0.05, 0.1) is 6.07 Å². The van der Waals surface area contributed by atoms with Crippen LogP contribution in [0.3, 0.4) is 0 Å². The number of aromatic nitrogens is 1. The van der Waals surface area contributed by atoms with E-state index >= 15 is 0 Å². The number of nitrogens with zero attached hydrogens (tertiary/aromatic N) is 2. The zero-order chi connectivity index (χ0) is 16.4. The van der Waals surface area contributed by atoms with Crippen LogP contribution in [0.25, 0.3) is 22.6 Å². The lowest BCUT2D eigenvalue weighted by molar-refractivity contribution is 0.0958. The van der Waals surface area contributed by atoms with Crippen molar-refractivity contribution in [1.29, 1.82) is 5.26 Å². The van der Waals surface area contributed by atoms with Crippen molar-refractivity contribution < 1.29 is 9.21 Å². The van der Waals surface area contributed by atoms with E-state index in [0.717, 1.165) is 0 Å². The highest BCUT2D eigenvalue weighted by atomic mass is 35.5. The van der Waals surface area contributed by atoms with Crippen molar-refractivity contribution in [3.05, 3.63) is 52.0 Å². The number of halogens is 2. The van der Waals surface area contributed by atoms with Gasteiger partial charge in [-0.15, -0.1) is 0 Å². The second-order valence-corrected chi connectivity index (χ2v) is 5.57. The molecule has 0 bridgehead atoms. The van der Waals surface area contributed by atoms with Gasteiger partial charge in [-0.1, -0.05) is 23.2 Å². The van der Waals surface area contributed by atoms with Gasteiger partial charge in [-0.25, -0.2) is 4.98 Å². The van der Waals surface area contributed by atoms with Crippen LogP contribution < -0.4 is 5.32 Å². The molecule has 0 spiro atoms. The van der Waals surface area contributed by atoms with Crippen LogP contribution in [0.1, 0.15) is 10.4 Å². The number of carbonyl (C=O) groups is 1. The monoisotopic (exact) mass is 345 g/mol. The summed E-state index contributed by atoms with van der Waals surface area (Å²) in [6, 6.07) is 11.7. The molecule has 5 nitrogen and oxygen atoms in total. The average Bonchev–Trinajstić information content (AvgIpc) is 2.94. The molecule has 0 fully saturated rings. The lowest BCUT2D eigenvalue weighted by Crippen LogP contribution is -2.23. The lowest BCUT2D eigenvalue weighted by Gasteiger charge is -1.99. The van der Waals surface area contributed by atoms with Crippen LogP contribution in [0.2, 0.25) is 10.0 Å². The molecular weight excluding hydrogens is 337 g/mol. The molecule has 1 N–H and O–H groups in total. The molecule has 23 heavy (non-hydrogen) atoms. The van der Waals surface area contributed by atoms with Crippen LogP contribution >= 0.6 is 23.2 Å². The van der Waals surface area contributed by atoms with Crippen molar-refractivity contribution >= 4 is 40.2 Å². The number of oxazole rings is 1. The van der Waals surface area contributed by atoms with Gasteiger partial charge < -0.3 is 9.73 Å². The lowest BCUT2D eigenvalue weighted by atomic mass is 10.2. The van der Waals surface area contributed by atoms with Crippen molar-refractivity contribution in [3.63, 3.8) is 0 Å². The molecule has 1 heterocycles. The van der Waals surface area contributed by atoms with Gasteiger partial charge in [0.1, 0.15) is 12.1 Å². The molecule has 0 aliphatic carbocycles. The number of hydrogen-bond acceptors (Lipinski definition) is 4. The van der Waals surface area contributed by atoms with Gasteiger partial charge in [0, 0.05) is 21.2 Å². The first-order valence-electron chi connectivity index (χ1n) is 6.59.